The van der Waals surface area contributed by atoms with Gasteiger partial charge in [-0.05, 0) is 47.9 Å². The first-order valence-electron chi connectivity index (χ1n) is 11.9. The number of carbonyl (C=O) groups excluding carboxylic acids is 2. The van der Waals surface area contributed by atoms with Gasteiger partial charge in [-0.3, -0.25) is 4.79 Å². The number of amides is 2. The van der Waals surface area contributed by atoms with Gasteiger partial charge in [0.05, 0.1) is 12.0 Å². The Kier molecular flexibility index (Phi) is 6.09. The molecule has 1 fully saturated rings. The van der Waals surface area contributed by atoms with Crippen molar-refractivity contribution in [2.45, 2.75) is 43.7 Å². The minimum atomic E-state index is -0.955. The van der Waals surface area contributed by atoms with Crippen molar-refractivity contribution in [1.29, 1.82) is 0 Å². The predicted molar refractivity (Wildman–Crippen MR) is 126 cm³/mol. The van der Waals surface area contributed by atoms with Crippen LogP contribution in [0.1, 0.15) is 42.7 Å². The predicted octanol–water partition coefficient (Wildman–Crippen LogP) is 3.94. The summed E-state index contributed by atoms with van der Waals surface area (Å²) in [6, 6.07) is 15.3. The number of aliphatic carboxylic acids is 1. The maximum atomic E-state index is 12.9. The second-order valence-electron chi connectivity index (χ2n) is 9.18. The Hall–Kier alpha value is -3.61. The molecular formula is C27H28N2O5. The molecule has 1 aliphatic heterocycles. The molecule has 0 aromatic heterocycles. The number of hydrogen-bond acceptors (Lipinski definition) is 4. The Bertz CT molecular complexity index is 1100. The molecule has 2 aromatic rings. The minimum Gasteiger partial charge on any atom is -0.480 e. The van der Waals surface area contributed by atoms with Crippen molar-refractivity contribution < 1.29 is 24.2 Å². The molecule has 0 saturated carbocycles. The van der Waals surface area contributed by atoms with Crippen LogP contribution in [0.2, 0.25) is 0 Å². The maximum absolute atomic E-state index is 12.9. The fraction of sp³-hybridized carbons (Fsp3) is 0.370. The van der Waals surface area contributed by atoms with Crippen molar-refractivity contribution in [1.82, 2.24) is 10.2 Å². The molecule has 2 N–H and O–H groups in total. The lowest BCUT2D eigenvalue weighted by atomic mass is 9.98. The van der Waals surface area contributed by atoms with Crippen LogP contribution in [0, 0.1) is 5.92 Å². The van der Waals surface area contributed by atoms with E-state index in [0.717, 1.165) is 24.0 Å². The van der Waals surface area contributed by atoms with Crippen molar-refractivity contribution in [2.75, 3.05) is 13.2 Å². The molecule has 3 atom stereocenters. The molecular weight excluding hydrogens is 432 g/mol. The molecule has 176 valence electrons. The second-order valence-corrected chi connectivity index (χ2v) is 9.18. The average molecular weight is 461 g/mol. The van der Waals surface area contributed by atoms with Crippen LogP contribution in [0.15, 0.2) is 60.7 Å². The molecule has 5 rings (SSSR count). The molecule has 2 aliphatic carbocycles. The summed E-state index contributed by atoms with van der Waals surface area (Å²) >= 11 is 0. The van der Waals surface area contributed by atoms with Crippen molar-refractivity contribution in [3.8, 4) is 11.1 Å². The van der Waals surface area contributed by atoms with Gasteiger partial charge in [-0.15, -0.1) is 0 Å². The van der Waals surface area contributed by atoms with E-state index >= 15 is 0 Å². The van der Waals surface area contributed by atoms with E-state index in [-0.39, 0.29) is 24.5 Å². The van der Waals surface area contributed by atoms with Crippen LogP contribution < -0.4 is 5.32 Å². The smallest absolute Gasteiger partial charge is 0.407 e. The summed E-state index contributed by atoms with van der Waals surface area (Å²) in [5.41, 5.74) is 4.64. The van der Waals surface area contributed by atoms with Gasteiger partial charge >= 0.3 is 12.1 Å². The Morgan fingerprint density at radius 3 is 2.32 bits per heavy atom. The molecule has 0 radical (unpaired) electrons. The lowest BCUT2D eigenvalue weighted by Gasteiger charge is -2.34. The third-order valence-electron chi connectivity index (χ3n) is 7.12. The number of rotatable bonds is 5. The third kappa shape index (κ3) is 4.18. The van der Waals surface area contributed by atoms with Crippen LogP contribution in [0.3, 0.4) is 0 Å². The van der Waals surface area contributed by atoms with Gasteiger partial charge in [0.2, 0.25) is 5.91 Å². The van der Waals surface area contributed by atoms with Crippen LogP contribution in [-0.2, 0) is 14.3 Å². The van der Waals surface area contributed by atoms with Crippen molar-refractivity contribution in [3.63, 3.8) is 0 Å². The Morgan fingerprint density at radius 1 is 0.971 bits per heavy atom. The highest BCUT2D eigenvalue weighted by molar-refractivity contribution is 5.87. The van der Waals surface area contributed by atoms with E-state index in [2.05, 4.69) is 29.6 Å². The Labute approximate surface area is 198 Å². The Balaban J connectivity index is 1.17. The number of carbonyl (C=O) groups is 3. The summed E-state index contributed by atoms with van der Waals surface area (Å²) in [6.45, 7) is 0.692. The van der Waals surface area contributed by atoms with Crippen LogP contribution in [0.25, 0.3) is 11.1 Å². The molecule has 3 unspecified atom stereocenters. The number of likely N-dealkylation sites (tertiary alicyclic amines) is 1. The second kappa shape index (κ2) is 9.33. The zero-order chi connectivity index (χ0) is 23.7. The van der Waals surface area contributed by atoms with E-state index in [1.807, 2.05) is 24.3 Å². The van der Waals surface area contributed by atoms with E-state index < -0.39 is 24.0 Å². The van der Waals surface area contributed by atoms with E-state index in [0.29, 0.717) is 19.4 Å². The average Bonchev–Trinajstić information content (AvgIpc) is 3.45. The van der Waals surface area contributed by atoms with Crippen LogP contribution >= 0.6 is 0 Å². The van der Waals surface area contributed by atoms with Crippen molar-refractivity contribution in [3.05, 3.63) is 71.8 Å². The largest absolute Gasteiger partial charge is 0.480 e. The molecule has 34 heavy (non-hydrogen) atoms. The molecule has 0 bridgehead atoms. The van der Waals surface area contributed by atoms with E-state index in [4.69, 9.17) is 4.74 Å². The fourth-order valence-corrected chi connectivity index (χ4v) is 5.45. The van der Waals surface area contributed by atoms with Gasteiger partial charge in [0.15, 0.2) is 0 Å². The van der Waals surface area contributed by atoms with Crippen molar-refractivity contribution in [2.24, 2.45) is 5.92 Å². The van der Waals surface area contributed by atoms with Crippen LogP contribution in [0.4, 0.5) is 4.79 Å². The van der Waals surface area contributed by atoms with Gasteiger partial charge in [-0.25, -0.2) is 9.59 Å². The SMILES string of the molecule is O=C(NC1C=CC(C(=O)N2CCCCC2C(=O)O)C1)OCC1c2ccccc2-c2ccccc21. The highest BCUT2D eigenvalue weighted by Gasteiger charge is 2.37. The highest BCUT2D eigenvalue weighted by atomic mass is 16.5. The first kappa shape index (κ1) is 22.2. The number of ether oxygens (including phenoxy) is 1. The number of hydrogen-bond donors (Lipinski definition) is 2. The summed E-state index contributed by atoms with van der Waals surface area (Å²) in [5, 5.41) is 12.3. The number of alkyl carbamates (subject to hydrolysis) is 1. The monoisotopic (exact) mass is 460 g/mol. The first-order chi connectivity index (χ1) is 16.5. The van der Waals surface area contributed by atoms with Gasteiger partial charge in [0.1, 0.15) is 12.6 Å². The molecule has 3 aliphatic rings. The Morgan fingerprint density at radius 2 is 1.65 bits per heavy atom. The third-order valence-corrected chi connectivity index (χ3v) is 7.12. The number of nitrogens with one attached hydrogen (secondary N) is 1. The topological polar surface area (TPSA) is 95.9 Å². The number of carboxylic acid groups (broad SMARTS) is 1. The lowest BCUT2D eigenvalue weighted by Crippen LogP contribution is -2.50. The summed E-state index contributed by atoms with van der Waals surface area (Å²) in [6.07, 6.45) is 5.56. The summed E-state index contributed by atoms with van der Waals surface area (Å²) < 4.78 is 5.61. The van der Waals surface area contributed by atoms with Crippen LogP contribution in [0.5, 0.6) is 0 Å². The highest BCUT2D eigenvalue weighted by Crippen LogP contribution is 2.44. The number of benzene rings is 2. The molecule has 7 heteroatoms. The number of fused-ring (bicyclic) bond motifs is 3. The van der Waals surface area contributed by atoms with Gasteiger partial charge in [-0.2, -0.15) is 0 Å². The van der Waals surface area contributed by atoms with Gasteiger partial charge in [-0.1, -0.05) is 60.7 Å². The van der Waals surface area contributed by atoms with Crippen molar-refractivity contribution >= 4 is 18.0 Å². The molecule has 2 amide bonds. The summed E-state index contributed by atoms with van der Waals surface area (Å²) in [4.78, 5) is 38.5. The normalized spacial score (nSPS) is 23.3. The summed E-state index contributed by atoms with van der Waals surface area (Å²) in [5.74, 6) is -1.58. The van der Waals surface area contributed by atoms with Gasteiger partial charge < -0.3 is 20.1 Å². The standard InChI is InChI=1S/C27H28N2O5/c30-25(29-14-6-5-11-24(29)26(31)32)17-12-13-18(15-17)28-27(33)34-16-23-21-9-3-1-7-19(21)20-8-2-4-10-22(20)23/h1-4,7-10,12-13,17-18,23-24H,5-6,11,14-16H2,(H,28,33)(H,31,32). The zero-order valence-electron chi connectivity index (χ0n) is 18.9. The number of carboxylic acids is 1. The number of nitrogens with zero attached hydrogens (tertiary/aromatic N) is 1. The number of piperidine rings is 1. The van der Waals surface area contributed by atoms with E-state index in [9.17, 15) is 19.5 Å². The first-order valence-corrected chi connectivity index (χ1v) is 11.9. The minimum absolute atomic E-state index is 0.0151. The molecule has 1 heterocycles. The molecule has 7 nitrogen and oxygen atoms in total. The lowest BCUT2D eigenvalue weighted by molar-refractivity contribution is -0.153. The zero-order valence-corrected chi connectivity index (χ0v) is 18.9. The molecule has 1 saturated heterocycles. The van der Waals surface area contributed by atoms with Crippen LogP contribution in [-0.4, -0.2) is 53.2 Å². The van der Waals surface area contributed by atoms with Gasteiger partial charge in [0, 0.05) is 12.5 Å². The van der Waals surface area contributed by atoms with E-state index in [1.54, 1.807) is 12.2 Å². The van der Waals surface area contributed by atoms with E-state index in [1.165, 1.54) is 16.0 Å². The maximum Gasteiger partial charge on any atom is 0.407 e. The molecule has 2 aromatic carbocycles. The summed E-state index contributed by atoms with van der Waals surface area (Å²) in [7, 11) is 0. The molecule has 0 spiro atoms. The van der Waals surface area contributed by atoms with Gasteiger partial charge in [0.25, 0.3) is 0 Å². The quantitative estimate of drug-likeness (QED) is 0.659. The fourth-order valence-electron chi connectivity index (χ4n) is 5.45.